The van der Waals surface area contributed by atoms with E-state index >= 15 is 0 Å². The first kappa shape index (κ1) is 21.7. The number of nitrogens with zero attached hydrogens (tertiary/aromatic N) is 5. The van der Waals surface area contributed by atoms with Crippen molar-refractivity contribution in [3.63, 3.8) is 0 Å². The van der Waals surface area contributed by atoms with Gasteiger partial charge in [-0.2, -0.15) is 4.98 Å². The third-order valence-electron chi connectivity index (χ3n) is 6.29. The molecule has 0 aliphatic carbocycles. The Morgan fingerprint density at radius 3 is 2.53 bits per heavy atom. The minimum absolute atomic E-state index is 0.144. The van der Waals surface area contributed by atoms with Crippen molar-refractivity contribution in [2.45, 2.75) is 18.9 Å². The number of benzene rings is 2. The molecule has 2 aromatic carbocycles. The molecule has 0 saturated carbocycles. The number of nitrogen functional groups attached to an aromatic ring is 1. The normalized spacial score (nSPS) is 14.4. The number of carbonyl (C=O) groups excluding carboxylic acids is 1. The summed E-state index contributed by atoms with van der Waals surface area (Å²) in [6.45, 7) is 1.74. The Balaban J connectivity index is 1.25. The average molecular weight is 458 g/mol. The molecular weight excluding hydrogens is 430 g/mol. The molecule has 2 aromatic heterocycles. The number of hydrogen-bond donors (Lipinski definition) is 2. The maximum atomic E-state index is 12.9. The van der Waals surface area contributed by atoms with Gasteiger partial charge in [0.2, 0.25) is 17.7 Å². The number of ketones is 1. The summed E-state index contributed by atoms with van der Waals surface area (Å²) in [5, 5.41) is 3.37. The summed E-state index contributed by atoms with van der Waals surface area (Å²) in [6, 6.07) is 15.4. The highest BCUT2D eigenvalue weighted by Gasteiger charge is 2.24. The van der Waals surface area contributed by atoms with Crippen LogP contribution in [0, 0.1) is 0 Å². The van der Waals surface area contributed by atoms with Crippen molar-refractivity contribution in [1.29, 1.82) is 0 Å². The van der Waals surface area contributed by atoms with Crippen LogP contribution in [0.3, 0.4) is 0 Å². The SMILES string of the molecule is COc1ccccc1C(=O)c1cnc(NC2CCN(c3nc4ccccc4n3C)CC2)nc1N. The van der Waals surface area contributed by atoms with Gasteiger partial charge in [-0.15, -0.1) is 0 Å². The standard InChI is InChI=1S/C25H27N7O2/c1-31-20-9-5-4-8-19(20)29-25(31)32-13-11-16(12-14-32)28-24-27-15-18(23(26)30-24)22(33)17-7-3-6-10-21(17)34-2/h3-10,15-16H,11-14H2,1-2H3,(H3,26,27,28,30). The Kier molecular flexibility index (Phi) is 5.75. The maximum absolute atomic E-state index is 12.9. The van der Waals surface area contributed by atoms with E-state index in [4.69, 9.17) is 15.5 Å². The largest absolute Gasteiger partial charge is 0.496 e. The second kappa shape index (κ2) is 9.01. The number of aryl methyl sites for hydroxylation is 1. The van der Waals surface area contributed by atoms with Crippen molar-refractivity contribution >= 4 is 34.5 Å². The number of imidazole rings is 1. The number of rotatable bonds is 6. The number of methoxy groups -OCH3 is 1. The van der Waals surface area contributed by atoms with Crippen molar-refractivity contribution < 1.29 is 9.53 Å². The minimum atomic E-state index is -0.266. The molecule has 1 aliphatic heterocycles. The third kappa shape index (κ3) is 4.00. The van der Waals surface area contributed by atoms with Crippen LogP contribution >= 0.6 is 0 Å². The first-order valence-electron chi connectivity index (χ1n) is 11.3. The first-order valence-corrected chi connectivity index (χ1v) is 11.3. The molecule has 3 N–H and O–H groups in total. The summed E-state index contributed by atoms with van der Waals surface area (Å²) in [6.07, 6.45) is 3.30. The van der Waals surface area contributed by atoms with Crippen LogP contribution in [-0.4, -0.2) is 51.5 Å². The first-order chi connectivity index (χ1) is 16.5. The second-order valence-electron chi connectivity index (χ2n) is 8.39. The second-order valence-corrected chi connectivity index (χ2v) is 8.39. The Bertz CT molecular complexity index is 1340. The van der Waals surface area contributed by atoms with Gasteiger partial charge < -0.3 is 25.3 Å². The van der Waals surface area contributed by atoms with Crippen LogP contribution in [0.5, 0.6) is 5.75 Å². The van der Waals surface area contributed by atoms with E-state index in [1.54, 1.807) is 18.2 Å². The van der Waals surface area contributed by atoms with Crippen LogP contribution in [0.25, 0.3) is 11.0 Å². The van der Waals surface area contributed by atoms with Gasteiger partial charge in [0.15, 0.2) is 0 Å². The predicted octanol–water partition coefficient (Wildman–Crippen LogP) is 3.27. The molecule has 9 nitrogen and oxygen atoms in total. The summed E-state index contributed by atoms with van der Waals surface area (Å²) in [5.41, 5.74) is 8.95. The van der Waals surface area contributed by atoms with Gasteiger partial charge in [0.05, 0.1) is 29.3 Å². The Labute approximate surface area is 197 Å². The van der Waals surface area contributed by atoms with E-state index in [0.717, 1.165) is 42.9 Å². The molecule has 5 rings (SSSR count). The Morgan fingerprint density at radius 1 is 1.06 bits per heavy atom. The quantitative estimate of drug-likeness (QED) is 0.425. The van der Waals surface area contributed by atoms with E-state index < -0.39 is 0 Å². The van der Waals surface area contributed by atoms with Gasteiger partial charge in [0.25, 0.3) is 0 Å². The number of anilines is 3. The lowest BCUT2D eigenvalue weighted by atomic mass is 10.0. The topological polar surface area (TPSA) is 111 Å². The molecule has 1 saturated heterocycles. The molecule has 1 aliphatic rings. The number of aromatic nitrogens is 4. The zero-order valence-electron chi connectivity index (χ0n) is 19.2. The minimum Gasteiger partial charge on any atom is -0.496 e. The lowest BCUT2D eigenvalue weighted by Crippen LogP contribution is -2.40. The Morgan fingerprint density at radius 2 is 1.79 bits per heavy atom. The number of fused-ring (bicyclic) bond motifs is 1. The van der Waals surface area contributed by atoms with E-state index in [0.29, 0.717) is 17.3 Å². The molecule has 4 aromatic rings. The number of para-hydroxylation sites is 3. The summed E-state index contributed by atoms with van der Waals surface area (Å²) in [7, 11) is 3.58. The molecule has 34 heavy (non-hydrogen) atoms. The number of piperidine rings is 1. The summed E-state index contributed by atoms with van der Waals surface area (Å²) >= 11 is 0. The van der Waals surface area contributed by atoms with Gasteiger partial charge in [0, 0.05) is 32.4 Å². The van der Waals surface area contributed by atoms with Crippen molar-refractivity contribution in [3.05, 3.63) is 65.9 Å². The number of ether oxygens (including phenoxy) is 1. The van der Waals surface area contributed by atoms with Crippen molar-refractivity contribution in [2.24, 2.45) is 7.05 Å². The highest BCUT2D eigenvalue weighted by atomic mass is 16.5. The van der Waals surface area contributed by atoms with Crippen LogP contribution in [0.2, 0.25) is 0 Å². The molecule has 0 spiro atoms. The van der Waals surface area contributed by atoms with Crippen LogP contribution in [0.15, 0.2) is 54.7 Å². The molecule has 0 unspecified atom stereocenters. The number of hydrogen-bond acceptors (Lipinski definition) is 8. The van der Waals surface area contributed by atoms with Gasteiger partial charge in [0.1, 0.15) is 11.6 Å². The zero-order chi connectivity index (χ0) is 23.7. The van der Waals surface area contributed by atoms with Gasteiger partial charge in [-0.1, -0.05) is 24.3 Å². The fourth-order valence-corrected chi connectivity index (χ4v) is 4.44. The lowest BCUT2D eigenvalue weighted by Gasteiger charge is -2.33. The van der Waals surface area contributed by atoms with Crippen LogP contribution in [-0.2, 0) is 7.05 Å². The van der Waals surface area contributed by atoms with Crippen LogP contribution in [0.1, 0.15) is 28.8 Å². The molecule has 0 bridgehead atoms. The van der Waals surface area contributed by atoms with E-state index in [1.165, 1.54) is 13.3 Å². The lowest BCUT2D eigenvalue weighted by molar-refractivity contribution is 0.103. The fourth-order valence-electron chi connectivity index (χ4n) is 4.44. The van der Waals surface area contributed by atoms with E-state index in [-0.39, 0.29) is 23.2 Å². The smallest absolute Gasteiger partial charge is 0.224 e. The summed E-state index contributed by atoms with van der Waals surface area (Å²) in [5.74, 6) is 1.78. The van der Waals surface area contributed by atoms with E-state index in [9.17, 15) is 4.79 Å². The molecule has 9 heteroatoms. The predicted molar refractivity (Wildman–Crippen MR) is 132 cm³/mol. The number of carbonyl (C=O) groups is 1. The maximum Gasteiger partial charge on any atom is 0.224 e. The Hall–Kier alpha value is -4.14. The van der Waals surface area contributed by atoms with Crippen LogP contribution < -0.4 is 20.7 Å². The van der Waals surface area contributed by atoms with Crippen molar-refractivity contribution in [1.82, 2.24) is 19.5 Å². The van der Waals surface area contributed by atoms with Gasteiger partial charge in [-0.25, -0.2) is 9.97 Å². The number of nitrogens with one attached hydrogen (secondary N) is 1. The highest BCUT2D eigenvalue weighted by Crippen LogP contribution is 2.26. The molecule has 0 amide bonds. The highest BCUT2D eigenvalue weighted by molar-refractivity contribution is 6.13. The third-order valence-corrected chi connectivity index (χ3v) is 6.29. The molecule has 0 atom stereocenters. The molecular formula is C25H27N7O2. The molecule has 3 heterocycles. The molecule has 174 valence electrons. The zero-order valence-corrected chi connectivity index (χ0v) is 19.2. The fraction of sp³-hybridized carbons (Fsp3) is 0.280. The van der Waals surface area contributed by atoms with E-state index in [2.05, 4.69) is 37.9 Å². The molecule has 0 radical (unpaired) electrons. The van der Waals surface area contributed by atoms with Gasteiger partial charge >= 0.3 is 0 Å². The summed E-state index contributed by atoms with van der Waals surface area (Å²) in [4.78, 5) is 28.8. The van der Waals surface area contributed by atoms with Gasteiger partial charge in [-0.3, -0.25) is 4.79 Å². The van der Waals surface area contributed by atoms with Crippen LogP contribution in [0.4, 0.5) is 17.7 Å². The van der Waals surface area contributed by atoms with E-state index in [1.807, 2.05) is 24.3 Å². The average Bonchev–Trinajstić information content (AvgIpc) is 3.21. The van der Waals surface area contributed by atoms with Crippen molar-refractivity contribution in [3.8, 4) is 5.75 Å². The number of nitrogens with two attached hydrogens (primary N) is 1. The van der Waals surface area contributed by atoms with Crippen molar-refractivity contribution in [2.75, 3.05) is 36.1 Å². The summed E-state index contributed by atoms with van der Waals surface area (Å²) < 4.78 is 7.44. The molecule has 1 fully saturated rings. The monoisotopic (exact) mass is 457 g/mol. The van der Waals surface area contributed by atoms with Gasteiger partial charge in [-0.05, 0) is 37.1 Å².